The topological polar surface area (TPSA) is 87.3 Å². The third-order valence-corrected chi connectivity index (χ3v) is 1.87. The van der Waals surface area contributed by atoms with Crippen molar-refractivity contribution in [1.29, 1.82) is 0 Å². The van der Waals surface area contributed by atoms with Gasteiger partial charge in [-0.25, -0.2) is 0 Å². The summed E-state index contributed by atoms with van der Waals surface area (Å²) in [6, 6.07) is 6.51. The Hall–Kier alpha value is -2.37. The minimum atomic E-state index is -0.757. The average molecular weight is 235 g/mol. The van der Waals surface area contributed by atoms with E-state index in [4.69, 9.17) is 0 Å². The van der Waals surface area contributed by atoms with E-state index in [-0.39, 0.29) is 5.91 Å². The minimum Gasteiger partial charge on any atom is -0.351 e. The maximum Gasteiger partial charge on any atom is 0.313 e. The molecule has 0 aliphatic carbocycles. The summed E-state index contributed by atoms with van der Waals surface area (Å²) >= 11 is 0. The Morgan fingerprint density at radius 3 is 2.12 bits per heavy atom. The van der Waals surface area contributed by atoms with Crippen LogP contribution in [0.3, 0.4) is 0 Å². The summed E-state index contributed by atoms with van der Waals surface area (Å²) in [6.07, 6.45) is 0. The first-order valence-electron chi connectivity index (χ1n) is 4.93. The van der Waals surface area contributed by atoms with Crippen LogP contribution in [0.15, 0.2) is 24.3 Å². The van der Waals surface area contributed by atoms with Crippen LogP contribution in [0.25, 0.3) is 0 Å². The molecule has 0 saturated carbocycles. The lowest BCUT2D eigenvalue weighted by molar-refractivity contribution is -0.135. The summed E-state index contributed by atoms with van der Waals surface area (Å²) in [4.78, 5) is 33.1. The first-order chi connectivity index (χ1) is 8.02. The van der Waals surface area contributed by atoms with Crippen molar-refractivity contribution in [3.05, 3.63) is 24.3 Å². The molecule has 0 fully saturated rings. The second kappa shape index (κ2) is 5.64. The van der Waals surface area contributed by atoms with Gasteiger partial charge in [-0.2, -0.15) is 0 Å². The molecular formula is C11H13N3O3. The molecule has 90 valence electrons. The van der Waals surface area contributed by atoms with Crippen molar-refractivity contribution in [2.24, 2.45) is 0 Å². The molecule has 1 aromatic carbocycles. The number of hydrogen-bond donors (Lipinski definition) is 3. The van der Waals surface area contributed by atoms with Gasteiger partial charge in [0.15, 0.2) is 0 Å². The smallest absolute Gasteiger partial charge is 0.313 e. The monoisotopic (exact) mass is 235 g/mol. The van der Waals surface area contributed by atoms with Crippen LogP contribution in [0.5, 0.6) is 0 Å². The molecule has 0 atom stereocenters. The zero-order valence-electron chi connectivity index (χ0n) is 9.53. The third kappa shape index (κ3) is 3.94. The molecule has 0 aliphatic heterocycles. The second-order valence-corrected chi connectivity index (χ2v) is 3.30. The van der Waals surface area contributed by atoms with E-state index >= 15 is 0 Å². The van der Waals surface area contributed by atoms with Crippen molar-refractivity contribution < 1.29 is 14.4 Å². The van der Waals surface area contributed by atoms with E-state index in [1.54, 1.807) is 24.3 Å². The van der Waals surface area contributed by atoms with E-state index < -0.39 is 11.8 Å². The van der Waals surface area contributed by atoms with Crippen molar-refractivity contribution >= 4 is 29.1 Å². The maximum atomic E-state index is 11.3. The molecule has 0 bridgehead atoms. The molecule has 6 heteroatoms. The van der Waals surface area contributed by atoms with E-state index in [9.17, 15) is 14.4 Å². The van der Waals surface area contributed by atoms with Crippen LogP contribution in [0.2, 0.25) is 0 Å². The largest absolute Gasteiger partial charge is 0.351 e. The minimum absolute atomic E-state index is 0.209. The molecule has 0 saturated heterocycles. The van der Waals surface area contributed by atoms with Gasteiger partial charge < -0.3 is 16.0 Å². The number of benzene rings is 1. The van der Waals surface area contributed by atoms with Crippen LogP contribution in [-0.4, -0.2) is 24.8 Å². The van der Waals surface area contributed by atoms with E-state index in [1.807, 2.05) is 0 Å². The molecule has 0 aromatic heterocycles. The fourth-order valence-corrected chi connectivity index (χ4v) is 1.18. The quantitative estimate of drug-likeness (QED) is 0.645. The zero-order valence-corrected chi connectivity index (χ0v) is 9.53. The van der Waals surface area contributed by atoms with Crippen molar-refractivity contribution in [2.75, 3.05) is 17.7 Å². The van der Waals surface area contributed by atoms with Gasteiger partial charge in [0.2, 0.25) is 5.91 Å². The fourth-order valence-electron chi connectivity index (χ4n) is 1.18. The molecule has 0 radical (unpaired) electrons. The Balaban J connectivity index is 2.75. The van der Waals surface area contributed by atoms with Crippen molar-refractivity contribution in [1.82, 2.24) is 5.32 Å². The van der Waals surface area contributed by atoms with Crippen LogP contribution in [0, 0.1) is 0 Å². The van der Waals surface area contributed by atoms with Gasteiger partial charge in [0.25, 0.3) is 0 Å². The SMILES string of the molecule is CNC(=O)C(=O)Nc1cccc(NC(C)=O)c1. The van der Waals surface area contributed by atoms with Crippen molar-refractivity contribution in [3.63, 3.8) is 0 Å². The Morgan fingerprint density at radius 2 is 1.59 bits per heavy atom. The number of carbonyl (C=O) groups is 3. The molecule has 17 heavy (non-hydrogen) atoms. The number of anilines is 2. The van der Waals surface area contributed by atoms with E-state index in [0.29, 0.717) is 11.4 Å². The Morgan fingerprint density at radius 1 is 1.00 bits per heavy atom. The normalized spacial score (nSPS) is 9.29. The fraction of sp³-hybridized carbons (Fsp3) is 0.182. The highest BCUT2D eigenvalue weighted by Crippen LogP contribution is 2.14. The van der Waals surface area contributed by atoms with Crippen LogP contribution in [-0.2, 0) is 14.4 Å². The summed E-state index contributed by atoms with van der Waals surface area (Å²) < 4.78 is 0. The van der Waals surface area contributed by atoms with Crippen LogP contribution >= 0.6 is 0 Å². The summed E-state index contributed by atoms with van der Waals surface area (Å²) in [5, 5.41) is 7.19. The number of carbonyl (C=O) groups excluding carboxylic acids is 3. The molecule has 0 aliphatic rings. The number of nitrogens with one attached hydrogen (secondary N) is 3. The Kier molecular flexibility index (Phi) is 4.21. The van der Waals surface area contributed by atoms with Gasteiger partial charge >= 0.3 is 11.8 Å². The van der Waals surface area contributed by atoms with Crippen LogP contribution < -0.4 is 16.0 Å². The van der Waals surface area contributed by atoms with E-state index in [0.717, 1.165) is 0 Å². The summed E-state index contributed by atoms with van der Waals surface area (Å²) in [7, 11) is 1.37. The number of rotatable bonds is 2. The first-order valence-corrected chi connectivity index (χ1v) is 4.93. The molecule has 3 amide bonds. The van der Waals surface area contributed by atoms with Gasteiger partial charge in [-0.15, -0.1) is 0 Å². The van der Waals surface area contributed by atoms with E-state index in [1.165, 1.54) is 14.0 Å². The van der Waals surface area contributed by atoms with Crippen LogP contribution in [0.4, 0.5) is 11.4 Å². The second-order valence-electron chi connectivity index (χ2n) is 3.30. The predicted octanol–water partition coefficient (Wildman–Crippen LogP) is 0.329. The van der Waals surface area contributed by atoms with Gasteiger partial charge in [0.1, 0.15) is 0 Å². The molecule has 1 aromatic rings. The zero-order chi connectivity index (χ0) is 12.8. The van der Waals surface area contributed by atoms with Gasteiger partial charge in [-0.1, -0.05) is 6.07 Å². The van der Waals surface area contributed by atoms with Crippen molar-refractivity contribution in [2.45, 2.75) is 6.92 Å². The molecule has 0 spiro atoms. The van der Waals surface area contributed by atoms with Crippen LogP contribution in [0.1, 0.15) is 6.92 Å². The summed E-state index contributed by atoms with van der Waals surface area (Å²) in [5.74, 6) is -1.69. The number of hydrogen-bond acceptors (Lipinski definition) is 3. The molecule has 1 rings (SSSR count). The highest BCUT2D eigenvalue weighted by atomic mass is 16.2. The van der Waals surface area contributed by atoms with Gasteiger partial charge in [-0.05, 0) is 18.2 Å². The lowest BCUT2D eigenvalue weighted by Crippen LogP contribution is -2.32. The number of likely N-dealkylation sites (N-methyl/N-ethyl adjacent to an activating group) is 1. The van der Waals surface area contributed by atoms with Gasteiger partial charge in [0.05, 0.1) is 0 Å². The third-order valence-electron chi connectivity index (χ3n) is 1.87. The Bertz CT molecular complexity index is 457. The molecular weight excluding hydrogens is 222 g/mol. The molecule has 0 unspecified atom stereocenters. The van der Waals surface area contributed by atoms with Gasteiger partial charge in [0, 0.05) is 25.3 Å². The maximum absolute atomic E-state index is 11.3. The summed E-state index contributed by atoms with van der Waals surface area (Å²) in [5.41, 5.74) is 0.983. The highest BCUT2D eigenvalue weighted by Gasteiger charge is 2.11. The number of amides is 3. The standard InChI is InChI=1S/C11H13N3O3/c1-7(15)13-8-4-3-5-9(6-8)14-11(17)10(16)12-2/h3-6H,1-2H3,(H,12,16)(H,13,15)(H,14,17). The lowest BCUT2D eigenvalue weighted by Gasteiger charge is -2.06. The first kappa shape index (κ1) is 12.7. The average Bonchev–Trinajstić information content (AvgIpc) is 2.27. The lowest BCUT2D eigenvalue weighted by atomic mass is 10.2. The Labute approximate surface area is 98.4 Å². The molecule has 3 N–H and O–H groups in total. The summed E-state index contributed by atoms with van der Waals surface area (Å²) in [6.45, 7) is 1.38. The van der Waals surface area contributed by atoms with Crippen molar-refractivity contribution in [3.8, 4) is 0 Å². The van der Waals surface area contributed by atoms with E-state index in [2.05, 4.69) is 16.0 Å². The highest BCUT2D eigenvalue weighted by molar-refractivity contribution is 6.39. The predicted molar refractivity (Wildman–Crippen MR) is 63.4 cm³/mol. The molecule has 0 heterocycles. The van der Waals surface area contributed by atoms with Gasteiger partial charge in [-0.3, -0.25) is 14.4 Å². The molecule has 6 nitrogen and oxygen atoms in total.